The molecule has 20 heavy (non-hydrogen) atoms. The SMILES string of the molecule is O=C(O)c1cc(OCc2ccc(F)c(Br)c2)ccc1Br. The zero-order valence-electron chi connectivity index (χ0n) is 10.1. The molecule has 0 amide bonds. The largest absolute Gasteiger partial charge is 0.489 e. The third-order valence-corrected chi connectivity index (χ3v) is 3.86. The Morgan fingerprint density at radius 1 is 1.15 bits per heavy atom. The topological polar surface area (TPSA) is 46.5 Å². The average Bonchev–Trinajstić information content (AvgIpc) is 2.41. The Morgan fingerprint density at radius 3 is 2.55 bits per heavy atom. The lowest BCUT2D eigenvalue weighted by molar-refractivity contribution is 0.0695. The zero-order valence-corrected chi connectivity index (χ0v) is 13.2. The zero-order chi connectivity index (χ0) is 14.7. The Bertz CT molecular complexity index is 659. The summed E-state index contributed by atoms with van der Waals surface area (Å²) in [6.45, 7) is 0.222. The third kappa shape index (κ3) is 3.58. The Labute approximate surface area is 131 Å². The van der Waals surface area contributed by atoms with Crippen LogP contribution in [0.2, 0.25) is 0 Å². The minimum atomic E-state index is -1.04. The van der Waals surface area contributed by atoms with Crippen molar-refractivity contribution in [2.24, 2.45) is 0 Å². The molecule has 0 aliphatic carbocycles. The first kappa shape index (κ1) is 15.0. The van der Waals surface area contributed by atoms with Crippen LogP contribution >= 0.6 is 31.9 Å². The molecule has 0 heterocycles. The Hall–Kier alpha value is -1.40. The number of ether oxygens (including phenoxy) is 1. The monoisotopic (exact) mass is 402 g/mol. The molecule has 3 nitrogen and oxygen atoms in total. The highest BCUT2D eigenvalue weighted by Crippen LogP contribution is 2.24. The van der Waals surface area contributed by atoms with Gasteiger partial charge in [0, 0.05) is 4.47 Å². The smallest absolute Gasteiger partial charge is 0.336 e. The second-order valence-corrected chi connectivity index (χ2v) is 5.69. The van der Waals surface area contributed by atoms with E-state index in [2.05, 4.69) is 31.9 Å². The number of hydrogen-bond acceptors (Lipinski definition) is 2. The van der Waals surface area contributed by atoms with E-state index in [0.717, 1.165) is 5.56 Å². The fraction of sp³-hybridized carbons (Fsp3) is 0.0714. The van der Waals surface area contributed by atoms with Crippen molar-refractivity contribution in [1.82, 2.24) is 0 Å². The van der Waals surface area contributed by atoms with Crippen LogP contribution < -0.4 is 4.74 Å². The summed E-state index contributed by atoms with van der Waals surface area (Å²) in [5, 5.41) is 9.01. The predicted molar refractivity (Wildman–Crippen MR) is 79.5 cm³/mol. The molecule has 2 aromatic carbocycles. The number of hydrogen-bond donors (Lipinski definition) is 1. The number of carbonyl (C=O) groups is 1. The average molecular weight is 404 g/mol. The molecule has 0 fully saturated rings. The van der Waals surface area contributed by atoms with Crippen LogP contribution in [0.3, 0.4) is 0 Å². The lowest BCUT2D eigenvalue weighted by Gasteiger charge is -2.08. The molecular formula is C14H9Br2FO3. The maximum absolute atomic E-state index is 13.1. The van der Waals surface area contributed by atoms with Crippen LogP contribution in [-0.4, -0.2) is 11.1 Å². The lowest BCUT2D eigenvalue weighted by Crippen LogP contribution is -2.00. The van der Waals surface area contributed by atoms with E-state index >= 15 is 0 Å². The first-order valence-corrected chi connectivity index (χ1v) is 7.15. The van der Waals surface area contributed by atoms with Crippen LogP contribution in [0, 0.1) is 5.82 Å². The van der Waals surface area contributed by atoms with Crippen molar-refractivity contribution in [2.75, 3.05) is 0 Å². The number of carboxylic acids is 1. The molecule has 1 N–H and O–H groups in total. The second kappa shape index (κ2) is 6.37. The van der Waals surface area contributed by atoms with Gasteiger partial charge in [-0.1, -0.05) is 6.07 Å². The van der Waals surface area contributed by atoms with Gasteiger partial charge in [-0.3, -0.25) is 0 Å². The van der Waals surface area contributed by atoms with Gasteiger partial charge in [-0.05, 0) is 67.8 Å². The minimum Gasteiger partial charge on any atom is -0.489 e. The molecule has 0 aliphatic rings. The van der Waals surface area contributed by atoms with Crippen molar-refractivity contribution in [3.63, 3.8) is 0 Å². The Kier molecular flexibility index (Phi) is 4.77. The van der Waals surface area contributed by atoms with Gasteiger partial charge in [0.05, 0.1) is 10.0 Å². The van der Waals surface area contributed by atoms with E-state index in [9.17, 15) is 9.18 Å². The minimum absolute atomic E-state index is 0.128. The van der Waals surface area contributed by atoms with Gasteiger partial charge in [0.1, 0.15) is 18.2 Å². The number of carboxylic acid groups (broad SMARTS) is 1. The van der Waals surface area contributed by atoms with E-state index in [4.69, 9.17) is 9.84 Å². The summed E-state index contributed by atoms with van der Waals surface area (Å²) in [5.41, 5.74) is 0.904. The highest BCUT2D eigenvalue weighted by atomic mass is 79.9. The molecule has 0 radical (unpaired) electrons. The van der Waals surface area contributed by atoms with Gasteiger partial charge in [-0.25, -0.2) is 9.18 Å². The quantitative estimate of drug-likeness (QED) is 0.809. The van der Waals surface area contributed by atoms with E-state index in [1.54, 1.807) is 24.3 Å². The lowest BCUT2D eigenvalue weighted by atomic mass is 10.2. The van der Waals surface area contributed by atoms with E-state index in [1.165, 1.54) is 12.1 Å². The van der Waals surface area contributed by atoms with Crippen molar-refractivity contribution in [2.45, 2.75) is 6.61 Å². The Balaban J connectivity index is 2.12. The molecule has 0 atom stereocenters. The van der Waals surface area contributed by atoms with Crippen molar-refractivity contribution >= 4 is 37.8 Å². The Morgan fingerprint density at radius 2 is 1.90 bits per heavy atom. The van der Waals surface area contributed by atoms with Crippen LogP contribution in [0.5, 0.6) is 5.75 Å². The summed E-state index contributed by atoms with van der Waals surface area (Å²) in [4.78, 5) is 11.0. The van der Waals surface area contributed by atoms with Crippen LogP contribution in [0.15, 0.2) is 45.3 Å². The normalized spacial score (nSPS) is 10.3. The van der Waals surface area contributed by atoms with Gasteiger partial charge in [0.15, 0.2) is 0 Å². The van der Waals surface area contributed by atoms with Crippen LogP contribution in [0.25, 0.3) is 0 Å². The molecular weight excluding hydrogens is 395 g/mol. The van der Waals surface area contributed by atoms with Crippen molar-refractivity contribution < 1.29 is 19.0 Å². The number of benzene rings is 2. The van der Waals surface area contributed by atoms with Gasteiger partial charge in [-0.2, -0.15) is 0 Å². The standard InChI is InChI=1S/C14H9Br2FO3/c15-11-3-2-9(6-10(11)14(18)19)20-7-8-1-4-13(17)12(16)5-8/h1-6H,7H2,(H,18,19). The first-order chi connectivity index (χ1) is 9.47. The first-order valence-electron chi connectivity index (χ1n) is 5.57. The van der Waals surface area contributed by atoms with E-state index in [-0.39, 0.29) is 18.0 Å². The van der Waals surface area contributed by atoms with E-state index in [0.29, 0.717) is 14.7 Å². The van der Waals surface area contributed by atoms with Crippen LogP contribution in [0.4, 0.5) is 4.39 Å². The third-order valence-electron chi connectivity index (χ3n) is 2.56. The molecule has 2 aromatic rings. The fourth-order valence-electron chi connectivity index (χ4n) is 1.55. The molecule has 0 saturated heterocycles. The molecule has 104 valence electrons. The molecule has 0 spiro atoms. The molecule has 6 heteroatoms. The summed E-state index contributed by atoms with van der Waals surface area (Å²) in [7, 11) is 0. The molecule has 0 aromatic heterocycles. The number of halogens is 3. The van der Waals surface area contributed by atoms with Gasteiger partial charge in [-0.15, -0.1) is 0 Å². The summed E-state index contributed by atoms with van der Waals surface area (Å²) in [6, 6.07) is 9.27. The van der Waals surface area contributed by atoms with Crippen molar-refractivity contribution in [3.8, 4) is 5.75 Å². The van der Waals surface area contributed by atoms with Crippen molar-refractivity contribution in [1.29, 1.82) is 0 Å². The predicted octanol–water partition coefficient (Wildman–Crippen LogP) is 4.63. The summed E-state index contributed by atoms with van der Waals surface area (Å²) in [5.74, 6) is -0.941. The fourth-order valence-corrected chi connectivity index (χ4v) is 2.40. The highest BCUT2D eigenvalue weighted by molar-refractivity contribution is 9.10. The summed E-state index contributed by atoms with van der Waals surface area (Å²) >= 11 is 6.26. The summed E-state index contributed by atoms with van der Waals surface area (Å²) in [6.07, 6.45) is 0. The van der Waals surface area contributed by atoms with Gasteiger partial charge in [0.2, 0.25) is 0 Å². The second-order valence-electron chi connectivity index (χ2n) is 3.98. The van der Waals surface area contributed by atoms with Crippen LogP contribution in [-0.2, 0) is 6.61 Å². The van der Waals surface area contributed by atoms with E-state index < -0.39 is 5.97 Å². The molecule has 0 bridgehead atoms. The molecule has 2 rings (SSSR count). The maximum Gasteiger partial charge on any atom is 0.336 e. The van der Waals surface area contributed by atoms with Gasteiger partial charge in [0.25, 0.3) is 0 Å². The molecule has 0 unspecified atom stereocenters. The summed E-state index contributed by atoms with van der Waals surface area (Å²) < 4.78 is 19.4. The van der Waals surface area contributed by atoms with Gasteiger partial charge >= 0.3 is 5.97 Å². The molecule has 0 aliphatic heterocycles. The highest BCUT2D eigenvalue weighted by Gasteiger charge is 2.10. The van der Waals surface area contributed by atoms with Crippen molar-refractivity contribution in [3.05, 3.63) is 62.3 Å². The molecule has 0 saturated carbocycles. The number of rotatable bonds is 4. The van der Waals surface area contributed by atoms with E-state index in [1.807, 2.05) is 0 Å². The van der Waals surface area contributed by atoms with Gasteiger partial charge < -0.3 is 9.84 Å². The van der Waals surface area contributed by atoms with Crippen LogP contribution in [0.1, 0.15) is 15.9 Å². The number of aromatic carboxylic acids is 1. The maximum atomic E-state index is 13.1.